The highest BCUT2D eigenvalue weighted by Crippen LogP contribution is 2.32. The van der Waals surface area contributed by atoms with E-state index in [4.69, 9.17) is 5.73 Å². The van der Waals surface area contributed by atoms with Crippen molar-refractivity contribution in [2.24, 2.45) is 0 Å². The Hall–Kier alpha value is -2.63. The van der Waals surface area contributed by atoms with Crippen molar-refractivity contribution >= 4 is 5.82 Å². The summed E-state index contributed by atoms with van der Waals surface area (Å²) < 4.78 is 0. The molecule has 0 spiro atoms. The van der Waals surface area contributed by atoms with Crippen molar-refractivity contribution in [3.05, 3.63) is 36.5 Å². The summed E-state index contributed by atoms with van der Waals surface area (Å²) in [7, 11) is 0. The maximum atomic E-state index is 5.88. The van der Waals surface area contributed by atoms with Crippen LogP contribution in [0.15, 0.2) is 36.5 Å². The molecule has 0 amide bonds. The number of aromatic amines is 2. The molecule has 0 saturated heterocycles. The smallest absolute Gasteiger partial charge is 0.153 e. The number of nitrogens with zero attached hydrogens (tertiary/aromatic N) is 3. The van der Waals surface area contributed by atoms with Crippen molar-refractivity contribution in [3.63, 3.8) is 0 Å². The highest BCUT2D eigenvalue weighted by Gasteiger charge is 2.15. The minimum atomic E-state index is 0.453. The van der Waals surface area contributed by atoms with Crippen molar-refractivity contribution in [1.82, 2.24) is 25.6 Å². The second-order valence-electron chi connectivity index (χ2n) is 3.58. The van der Waals surface area contributed by atoms with Crippen LogP contribution in [0.4, 0.5) is 5.82 Å². The average molecular weight is 226 g/mol. The zero-order chi connectivity index (χ0) is 11.7. The molecule has 0 atom stereocenters. The van der Waals surface area contributed by atoms with E-state index in [0.717, 1.165) is 16.8 Å². The van der Waals surface area contributed by atoms with Gasteiger partial charge in [0.25, 0.3) is 0 Å². The van der Waals surface area contributed by atoms with E-state index in [9.17, 15) is 0 Å². The molecule has 84 valence electrons. The first kappa shape index (κ1) is 9.59. The normalized spacial score (nSPS) is 10.6. The Morgan fingerprint density at radius 3 is 2.59 bits per heavy atom. The molecule has 0 aliphatic carbocycles. The lowest BCUT2D eigenvalue weighted by Crippen LogP contribution is -1.88. The van der Waals surface area contributed by atoms with Gasteiger partial charge in [-0.25, -0.2) is 0 Å². The van der Waals surface area contributed by atoms with Crippen molar-refractivity contribution in [3.8, 4) is 22.5 Å². The maximum absolute atomic E-state index is 5.88. The molecule has 2 heterocycles. The van der Waals surface area contributed by atoms with E-state index in [1.807, 2.05) is 30.3 Å². The number of hydrogen-bond donors (Lipinski definition) is 3. The number of H-pyrrole nitrogens is 2. The van der Waals surface area contributed by atoms with Gasteiger partial charge in [-0.05, 0) is 5.56 Å². The largest absolute Gasteiger partial charge is 0.382 e. The number of nitrogens with one attached hydrogen (secondary N) is 2. The second kappa shape index (κ2) is 3.75. The van der Waals surface area contributed by atoms with Gasteiger partial charge >= 0.3 is 0 Å². The molecule has 0 unspecified atom stereocenters. The molecule has 3 aromatic rings. The Kier molecular flexibility index (Phi) is 2.11. The van der Waals surface area contributed by atoms with Crippen LogP contribution in [0.3, 0.4) is 0 Å². The van der Waals surface area contributed by atoms with Crippen LogP contribution in [-0.2, 0) is 0 Å². The first-order chi connectivity index (χ1) is 8.36. The highest BCUT2D eigenvalue weighted by atomic mass is 15.3. The highest BCUT2D eigenvalue weighted by molar-refractivity contribution is 5.86. The van der Waals surface area contributed by atoms with E-state index in [1.54, 1.807) is 6.20 Å². The fourth-order valence-electron chi connectivity index (χ4n) is 1.76. The topological polar surface area (TPSA) is 96.3 Å². The van der Waals surface area contributed by atoms with E-state index in [2.05, 4.69) is 25.6 Å². The molecule has 2 aromatic heterocycles. The average Bonchev–Trinajstić information content (AvgIpc) is 2.98. The molecule has 0 fully saturated rings. The number of benzene rings is 1. The van der Waals surface area contributed by atoms with E-state index < -0.39 is 0 Å². The lowest BCUT2D eigenvalue weighted by molar-refractivity contribution is 0.940. The fraction of sp³-hybridized carbons (Fsp3) is 0. The summed E-state index contributed by atoms with van der Waals surface area (Å²) in [5.41, 5.74) is 9.18. The van der Waals surface area contributed by atoms with Gasteiger partial charge in [0.05, 0.1) is 17.5 Å². The number of aromatic nitrogens is 5. The third-order valence-electron chi connectivity index (χ3n) is 2.53. The van der Waals surface area contributed by atoms with E-state index in [1.165, 1.54) is 0 Å². The summed E-state index contributed by atoms with van der Waals surface area (Å²) in [5.74, 6) is 0.453. The van der Waals surface area contributed by atoms with Gasteiger partial charge in [-0.2, -0.15) is 20.5 Å². The predicted molar refractivity (Wildman–Crippen MR) is 63.8 cm³/mol. The molecule has 17 heavy (non-hydrogen) atoms. The first-order valence-electron chi connectivity index (χ1n) is 5.11. The number of nitrogens with two attached hydrogens (primary N) is 1. The molecule has 0 aliphatic rings. The molecular formula is C11H10N6. The van der Waals surface area contributed by atoms with Gasteiger partial charge in [0, 0.05) is 0 Å². The Morgan fingerprint density at radius 1 is 1.06 bits per heavy atom. The van der Waals surface area contributed by atoms with Crippen molar-refractivity contribution < 1.29 is 0 Å². The second-order valence-corrected chi connectivity index (χ2v) is 3.58. The van der Waals surface area contributed by atoms with Gasteiger partial charge in [0.2, 0.25) is 0 Å². The standard InChI is InChI=1S/C11H10N6/c12-11-9(7-4-2-1-3-5-7)10(15-16-11)8-6-13-17-14-8/h1-6H,(H3,12,15,16)(H,13,14,17). The van der Waals surface area contributed by atoms with Gasteiger partial charge in [0.15, 0.2) is 5.82 Å². The number of rotatable bonds is 2. The van der Waals surface area contributed by atoms with Gasteiger partial charge in [-0.15, -0.1) is 0 Å². The molecule has 0 bridgehead atoms. The van der Waals surface area contributed by atoms with Gasteiger partial charge in [-0.3, -0.25) is 5.10 Å². The lowest BCUT2D eigenvalue weighted by atomic mass is 10.0. The van der Waals surface area contributed by atoms with Crippen LogP contribution in [0.25, 0.3) is 22.5 Å². The molecule has 1 aromatic carbocycles. The molecule has 3 rings (SSSR count). The van der Waals surface area contributed by atoms with Crippen LogP contribution < -0.4 is 5.73 Å². The molecule has 6 nitrogen and oxygen atoms in total. The van der Waals surface area contributed by atoms with Crippen LogP contribution in [0.2, 0.25) is 0 Å². The SMILES string of the molecule is Nc1n[nH]c(-c2cn[nH]n2)c1-c1ccccc1. The number of anilines is 1. The minimum absolute atomic E-state index is 0.453. The van der Waals surface area contributed by atoms with Gasteiger partial charge in [0.1, 0.15) is 5.69 Å². The van der Waals surface area contributed by atoms with E-state index >= 15 is 0 Å². The summed E-state index contributed by atoms with van der Waals surface area (Å²) in [5, 5.41) is 17.3. The van der Waals surface area contributed by atoms with Crippen LogP contribution in [0.5, 0.6) is 0 Å². The van der Waals surface area contributed by atoms with Crippen molar-refractivity contribution in [1.29, 1.82) is 0 Å². The summed E-state index contributed by atoms with van der Waals surface area (Å²) in [4.78, 5) is 0. The zero-order valence-corrected chi connectivity index (χ0v) is 8.88. The maximum Gasteiger partial charge on any atom is 0.153 e. The van der Waals surface area contributed by atoms with Gasteiger partial charge < -0.3 is 5.73 Å². The van der Waals surface area contributed by atoms with Crippen molar-refractivity contribution in [2.75, 3.05) is 5.73 Å². The quantitative estimate of drug-likeness (QED) is 0.616. The van der Waals surface area contributed by atoms with Crippen LogP contribution >= 0.6 is 0 Å². The van der Waals surface area contributed by atoms with Crippen LogP contribution in [-0.4, -0.2) is 25.6 Å². The molecule has 6 heteroatoms. The Bertz CT molecular complexity index is 611. The number of hydrogen-bond acceptors (Lipinski definition) is 4. The lowest BCUT2D eigenvalue weighted by Gasteiger charge is -2.01. The zero-order valence-electron chi connectivity index (χ0n) is 8.88. The molecule has 0 radical (unpaired) electrons. The van der Waals surface area contributed by atoms with E-state index in [0.29, 0.717) is 11.5 Å². The molecule has 4 N–H and O–H groups in total. The third-order valence-corrected chi connectivity index (χ3v) is 2.53. The summed E-state index contributed by atoms with van der Waals surface area (Å²) >= 11 is 0. The third kappa shape index (κ3) is 1.55. The Labute approximate surface area is 96.9 Å². The first-order valence-corrected chi connectivity index (χ1v) is 5.11. The van der Waals surface area contributed by atoms with Gasteiger partial charge in [-0.1, -0.05) is 30.3 Å². The Morgan fingerprint density at radius 2 is 1.88 bits per heavy atom. The minimum Gasteiger partial charge on any atom is -0.382 e. The van der Waals surface area contributed by atoms with Crippen LogP contribution in [0.1, 0.15) is 0 Å². The van der Waals surface area contributed by atoms with E-state index in [-0.39, 0.29) is 0 Å². The molecular weight excluding hydrogens is 216 g/mol. The summed E-state index contributed by atoms with van der Waals surface area (Å²) in [6.45, 7) is 0. The Balaban J connectivity index is 2.20. The molecule has 0 saturated carbocycles. The predicted octanol–water partition coefficient (Wildman–Crippen LogP) is 1.44. The molecule has 0 aliphatic heterocycles. The van der Waals surface area contributed by atoms with Crippen molar-refractivity contribution in [2.45, 2.75) is 0 Å². The number of nitrogen functional groups attached to an aromatic ring is 1. The fourth-order valence-corrected chi connectivity index (χ4v) is 1.76. The van der Waals surface area contributed by atoms with Crippen LogP contribution in [0, 0.1) is 0 Å². The summed E-state index contributed by atoms with van der Waals surface area (Å²) in [6.07, 6.45) is 1.62. The summed E-state index contributed by atoms with van der Waals surface area (Å²) in [6, 6.07) is 9.81. The monoisotopic (exact) mass is 226 g/mol.